The van der Waals surface area contributed by atoms with Crippen LogP contribution in [-0.2, 0) is 4.74 Å². The largest absolute Gasteiger partial charge is 0.504 e. The van der Waals surface area contributed by atoms with E-state index in [4.69, 9.17) is 14.9 Å². The third-order valence-corrected chi connectivity index (χ3v) is 1.29. The maximum Gasteiger partial charge on any atom is 0.157 e. The number of para-hydroxylation sites is 2. The lowest BCUT2D eigenvalue weighted by Gasteiger charge is -1.91. The fourth-order valence-electron chi connectivity index (χ4n) is 0.668. The number of hydrogen-bond donors (Lipinski definition) is 2. The summed E-state index contributed by atoms with van der Waals surface area (Å²) in [5.41, 5.74) is 0. The van der Waals surface area contributed by atoms with Gasteiger partial charge in [-0.3, -0.25) is 0 Å². The highest BCUT2D eigenvalue weighted by Crippen LogP contribution is 2.21. The molecule has 1 rings (SSSR count). The molecule has 0 saturated heterocycles. The Morgan fingerprint density at radius 2 is 1.33 bits per heavy atom. The second-order valence-electron chi connectivity index (χ2n) is 2.27. The van der Waals surface area contributed by atoms with Crippen LogP contribution in [0.1, 0.15) is 13.8 Å². The standard InChI is InChI=1S/C6H6O2.C4H10O.C2H4/c7-5-3-1-2-4-6(5)8;1-3-5-4-2;1-2/h1-4,7-8H;3-4H2,1-2H3;1-2H2. The van der Waals surface area contributed by atoms with E-state index < -0.39 is 0 Å². The van der Waals surface area contributed by atoms with Crippen molar-refractivity contribution in [3.8, 4) is 11.5 Å². The van der Waals surface area contributed by atoms with Gasteiger partial charge in [0.15, 0.2) is 11.5 Å². The molecule has 0 aliphatic heterocycles. The summed E-state index contributed by atoms with van der Waals surface area (Å²) in [5, 5.41) is 17.3. The summed E-state index contributed by atoms with van der Waals surface area (Å²) < 4.78 is 4.83. The quantitative estimate of drug-likeness (QED) is 0.585. The first kappa shape index (κ1) is 16.0. The van der Waals surface area contributed by atoms with Gasteiger partial charge in [0.25, 0.3) is 0 Å². The minimum absolute atomic E-state index is 0.0764. The third kappa shape index (κ3) is 10.4. The first-order chi connectivity index (χ1) is 7.22. The van der Waals surface area contributed by atoms with Crippen molar-refractivity contribution in [3.05, 3.63) is 37.4 Å². The van der Waals surface area contributed by atoms with Gasteiger partial charge in [0.2, 0.25) is 0 Å². The number of phenolic OH excluding ortho intramolecular Hbond substituents is 2. The molecule has 0 unspecified atom stereocenters. The Balaban J connectivity index is 0. The predicted octanol–water partition coefficient (Wildman–Crippen LogP) is 2.94. The van der Waals surface area contributed by atoms with Crippen molar-refractivity contribution >= 4 is 0 Å². The van der Waals surface area contributed by atoms with Gasteiger partial charge < -0.3 is 14.9 Å². The molecule has 0 spiro atoms. The zero-order valence-corrected chi connectivity index (χ0v) is 9.44. The SMILES string of the molecule is C=C.CCOCC.Oc1ccccc1O. The number of aromatic hydroxyl groups is 2. The number of rotatable bonds is 2. The first-order valence-corrected chi connectivity index (χ1v) is 4.77. The summed E-state index contributed by atoms with van der Waals surface area (Å²) >= 11 is 0. The van der Waals surface area contributed by atoms with Gasteiger partial charge in [-0.05, 0) is 26.0 Å². The summed E-state index contributed by atoms with van der Waals surface area (Å²) in [7, 11) is 0. The topological polar surface area (TPSA) is 49.7 Å². The summed E-state index contributed by atoms with van der Waals surface area (Å²) in [6.07, 6.45) is 0. The molecule has 0 saturated carbocycles. The maximum absolute atomic E-state index is 8.67. The van der Waals surface area contributed by atoms with Gasteiger partial charge >= 0.3 is 0 Å². The fourth-order valence-corrected chi connectivity index (χ4v) is 0.668. The van der Waals surface area contributed by atoms with Gasteiger partial charge in [-0.15, -0.1) is 13.2 Å². The Bertz CT molecular complexity index is 213. The highest BCUT2D eigenvalue weighted by atomic mass is 16.5. The maximum atomic E-state index is 8.67. The van der Waals surface area contributed by atoms with Crippen molar-refractivity contribution < 1.29 is 14.9 Å². The molecule has 0 aromatic heterocycles. The molecule has 0 fully saturated rings. The Hall–Kier alpha value is -1.48. The summed E-state index contributed by atoms with van der Waals surface area (Å²) in [4.78, 5) is 0. The van der Waals surface area contributed by atoms with Crippen LogP contribution in [0.2, 0.25) is 0 Å². The van der Waals surface area contributed by atoms with Gasteiger partial charge in [0.05, 0.1) is 0 Å². The molecule has 1 aromatic rings. The molecule has 2 N–H and O–H groups in total. The van der Waals surface area contributed by atoms with Gasteiger partial charge in [0.1, 0.15) is 0 Å². The van der Waals surface area contributed by atoms with Crippen molar-refractivity contribution in [2.45, 2.75) is 13.8 Å². The van der Waals surface area contributed by atoms with Gasteiger partial charge in [0, 0.05) is 13.2 Å². The van der Waals surface area contributed by atoms with E-state index in [1.165, 1.54) is 12.1 Å². The normalized spacial score (nSPS) is 7.87. The molecule has 0 bridgehead atoms. The molecule has 3 nitrogen and oxygen atoms in total. The monoisotopic (exact) mass is 212 g/mol. The lowest BCUT2D eigenvalue weighted by molar-refractivity contribution is 0.162. The van der Waals surface area contributed by atoms with Crippen LogP contribution >= 0.6 is 0 Å². The smallest absolute Gasteiger partial charge is 0.157 e. The van der Waals surface area contributed by atoms with Crippen molar-refractivity contribution in [1.29, 1.82) is 0 Å². The van der Waals surface area contributed by atoms with Gasteiger partial charge in [-0.25, -0.2) is 0 Å². The van der Waals surface area contributed by atoms with E-state index in [9.17, 15) is 0 Å². The molecule has 1 aromatic carbocycles. The first-order valence-electron chi connectivity index (χ1n) is 4.77. The molecular weight excluding hydrogens is 192 g/mol. The van der Waals surface area contributed by atoms with E-state index in [2.05, 4.69) is 13.2 Å². The summed E-state index contributed by atoms with van der Waals surface area (Å²) in [6, 6.07) is 6.15. The summed E-state index contributed by atoms with van der Waals surface area (Å²) in [5.74, 6) is -0.153. The van der Waals surface area contributed by atoms with Crippen molar-refractivity contribution in [1.82, 2.24) is 0 Å². The average Bonchev–Trinajstić information content (AvgIpc) is 2.27. The Kier molecular flexibility index (Phi) is 13.3. The lowest BCUT2D eigenvalue weighted by atomic mass is 10.3. The minimum atomic E-state index is -0.0764. The summed E-state index contributed by atoms with van der Waals surface area (Å²) in [6.45, 7) is 11.7. The van der Waals surface area contributed by atoms with E-state index in [0.29, 0.717) is 0 Å². The zero-order chi connectivity index (χ0) is 12.1. The molecular formula is C12H20O3. The van der Waals surface area contributed by atoms with Crippen LogP contribution in [0.15, 0.2) is 37.4 Å². The highest BCUT2D eigenvalue weighted by molar-refractivity contribution is 5.36. The van der Waals surface area contributed by atoms with E-state index in [1.807, 2.05) is 13.8 Å². The molecule has 0 heterocycles. The predicted molar refractivity (Wildman–Crippen MR) is 63.2 cm³/mol. The van der Waals surface area contributed by atoms with Crippen molar-refractivity contribution in [2.75, 3.05) is 13.2 Å². The highest BCUT2D eigenvalue weighted by Gasteiger charge is 1.90. The number of benzene rings is 1. The van der Waals surface area contributed by atoms with Crippen LogP contribution in [0.25, 0.3) is 0 Å². The fraction of sp³-hybridized carbons (Fsp3) is 0.333. The zero-order valence-electron chi connectivity index (χ0n) is 9.44. The van der Waals surface area contributed by atoms with Crippen LogP contribution in [-0.4, -0.2) is 23.4 Å². The molecule has 0 amide bonds. The van der Waals surface area contributed by atoms with E-state index in [1.54, 1.807) is 12.1 Å². The lowest BCUT2D eigenvalue weighted by Crippen LogP contribution is -1.84. The molecule has 86 valence electrons. The van der Waals surface area contributed by atoms with Crippen LogP contribution in [0.5, 0.6) is 11.5 Å². The average molecular weight is 212 g/mol. The van der Waals surface area contributed by atoms with E-state index in [0.717, 1.165) is 13.2 Å². The van der Waals surface area contributed by atoms with Crippen LogP contribution in [0.3, 0.4) is 0 Å². The van der Waals surface area contributed by atoms with Crippen LogP contribution in [0.4, 0.5) is 0 Å². The van der Waals surface area contributed by atoms with Crippen LogP contribution in [0, 0.1) is 0 Å². The second kappa shape index (κ2) is 12.5. The Morgan fingerprint density at radius 3 is 1.47 bits per heavy atom. The van der Waals surface area contributed by atoms with Crippen LogP contribution < -0.4 is 0 Å². The van der Waals surface area contributed by atoms with Crippen molar-refractivity contribution in [3.63, 3.8) is 0 Å². The third-order valence-electron chi connectivity index (χ3n) is 1.29. The van der Waals surface area contributed by atoms with Gasteiger partial charge in [-0.1, -0.05) is 12.1 Å². The molecule has 15 heavy (non-hydrogen) atoms. The molecule has 0 atom stereocenters. The number of ether oxygens (including phenoxy) is 1. The second-order valence-corrected chi connectivity index (χ2v) is 2.27. The number of phenols is 2. The molecule has 0 aliphatic rings. The minimum Gasteiger partial charge on any atom is -0.504 e. The van der Waals surface area contributed by atoms with Crippen molar-refractivity contribution in [2.24, 2.45) is 0 Å². The Labute approximate surface area is 91.6 Å². The Morgan fingerprint density at radius 1 is 1.00 bits per heavy atom. The number of hydrogen-bond acceptors (Lipinski definition) is 3. The molecule has 0 aliphatic carbocycles. The molecule has 0 radical (unpaired) electrons. The van der Waals surface area contributed by atoms with Gasteiger partial charge in [-0.2, -0.15) is 0 Å². The molecule has 3 heteroatoms. The van der Waals surface area contributed by atoms with E-state index >= 15 is 0 Å². The van der Waals surface area contributed by atoms with E-state index in [-0.39, 0.29) is 11.5 Å².